The smallest absolute Gasteiger partial charge is 0.408 e. The van der Waals surface area contributed by atoms with E-state index in [0.717, 1.165) is 22.0 Å². The highest BCUT2D eigenvalue weighted by Crippen LogP contribution is 2.31. The number of methoxy groups -OCH3 is 2. The van der Waals surface area contributed by atoms with Crippen molar-refractivity contribution < 1.29 is 34.0 Å². The molecule has 0 aliphatic rings. The SMILES string of the molecule is COc1cccc(COC(=O)N[C@@H](Cc2c[nH]c3ccccc23)C(=O)N[C@@](C)(Cc2ccccc2)C(O)CCCO)c1OC. The predicted molar refractivity (Wildman–Crippen MR) is 168 cm³/mol. The Kier molecular flexibility index (Phi) is 11.2. The van der Waals surface area contributed by atoms with E-state index in [4.69, 9.17) is 14.2 Å². The Morgan fingerprint density at radius 1 is 0.955 bits per heavy atom. The van der Waals surface area contributed by atoms with Gasteiger partial charge in [0.25, 0.3) is 0 Å². The minimum Gasteiger partial charge on any atom is -0.493 e. The van der Waals surface area contributed by atoms with Gasteiger partial charge in [-0.2, -0.15) is 0 Å². The van der Waals surface area contributed by atoms with E-state index in [1.54, 1.807) is 25.1 Å². The summed E-state index contributed by atoms with van der Waals surface area (Å²) in [5, 5.41) is 27.3. The van der Waals surface area contributed by atoms with Gasteiger partial charge in [0.2, 0.25) is 5.91 Å². The fourth-order valence-corrected chi connectivity index (χ4v) is 5.36. The monoisotopic (exact) mass is 603 g/mol. The average Bonchev–Trinajstić information content (AvgIpc) is 3.44. The van der Waals surface area contributed by atoms with E-state index in [-0.39, 0.29) is 26.1 Å². The number of aliphatic hydroxyl groups is 2. The molecule has 1 aromatic heterocycles. The lowest BCUT2D eigenvalue weighted by molar-refractivity contribution is -0.126. The van der Waals surface area contributed by atoms with Gasteiger partial charge in [0.1, 0.15) is 12.6 Å². The van der Waals surface area contributed by atoms with E-state index < -0.39 is 29.7 Å². The fourth-order valence-electron chi connectivity index (χ4n) is 5.36. The normalized spacial score (nSPS) is 13.8. The molecule has 10 heteroatoms. The number of fused-ring (bicyclic) bond motifs is 1. The van der Waals surface area contributed by atoms with Crippen molar-refractivity contribution in [2.75, 3.05) is 20.8 Å². The highest BCUT2D eigenvalue weighted by molar-refractivity contribution is 5.88. The van der Waals surface area contributed by atoms with Gasteiger partial charge in [-0.1, -0.05) is 60.7 Å². The quantitative estimate of drug-likeness (QED) is 0.137. The summed E-state index contributed by atoms with van der Waals surface area (Å²) in [7, 11) is 3.03. The number of carbonyl (C=O) groups is 2. The summed E-state index contributed by atoms with van der Waals surface area (Å²) in [6.45, 7) is 1.58. The number of nitrogens with one attached hydrogen (secondary N) is 3. The van der Waals surface area contributed by atoms with Crippen molar-refractivity contribution in [2.45, 2.75) is 56.9 Å². The zero-order valence-corrected chi connectivity index (χ0v) is 25.3. The molecule has 44 heavy (non-hydrogen) atoms. The Bertz CT molecular complexity index is 1520. The van der Waals surface area contributed by atoms with Gasteiger partial charge in [0, 0.05) is 35.7 Å². The molecule has 0 aliphatic heterocycles. The van der Waals surface area contributed by atoms with E-state index in [9.17, 15) is 19.8 Å². The van der Waals surface area contributed by atoms with Crippen molar-refractivity contribution in [3.63, 3.8) is 0 Å². The number of H-pyrrole nitrogens is 1. The molecule has 0 fully saturated rings. The first-order chi connectivity index (χ1) is 21.3. The lowest BCUT2D eigenvalue weighted by Crippen LogP contribution is -2.60. The van der Waals surface area contributed by atoms with Gasteiger partial charge >= 0.3 is 6.09 Å². The van der Waals surface area contributed by atoms with Gasteiger partial charge in [-0.15, -0.1) is 0 Å². The summed E-state index contributed by atoms with van der Waals surface area (Å²) in [4.78, 5) is 30.3. The summed E-state index contributed by atoms with van der Waals surface area (Å²) >= 11 is 0. The van der Waals surface area contributed by atoms with Crippen LogP contribution in [0, 0.1) is 0 Å². The maximum absolute atomic E-state index is 14.0. The Morgan fingerprint density at radius 3 is 2.43 bits per heavy atom. The molecule has 234 valence electrons. The second-order valence-corrected chi connectivity index (χ2v) is 10.9. The molecule has 0 radical (unpaired) electrons. The molecule has 1 heterocycles. The number of hydrogen-bond acceptors (Lipinski definition) is 7. The molecule has 3 atom stereocenters. The standard InChI is InChI=1S/C34H41N3O7/c1-34(30(39)17-10-18-38,20-23-11-5-4-6-12-23)37-32(40)28(19-25-21-35-27-15-8-7-14-26(25)27)36-33(41)44-22-24-13-9-16-29(42-2)31(24)43-3/h4-9,11-16,21,28,30,35,38-39H,10,17-20,22H2,1-3H3,(H,36,41)(H,37,40)/t28-,30?,34-/m0/s1. The zero-order valence-electron chi connectivity index (χ0n) is 25.3. The lowest BCUT2D eigenvalue weighted by Gasteiger charge is -2.37. The molecule has 1 unspecified atom stereocenters. The van der Waals surface area contributed by atoms with Crippen LogP contribution >= 0.6 is 0 Å². The van der Waals surface area contributed by atoms with E-state index in [2.05, 4.69) is 15.6 Å². The third kappa shape index (κ3) is 8.09. The first-order valence-electron chi connectivity index (χ1n) is 14.6. The van der Waals surface area contributed by atoms with Crippen molar-refractivity contribution in [3.8, 4) is 11.5 Å². The molecule has 3 aromatic carbocycles. The van der Waals surface area contributed by atoms with Gasteiger partial charge in [0.15, 0.2) is 11.5 Å². The van der Waals surface area contributed by atoms with E-state index in [0.29, 0.717) is 29.9 Å². The second-order valence-electron chi connectivity index (χ2n) is 10.9. The average molecular weight is 604 g/mol. The van der Waals surface area contributed by atoms with Crippen molar-refractivity contribution in [2.24, 2.45) is 0 Å². The highest BCUT2D eigenvalue weighted by atomic mass is 16.6. The second kappa shape index (κ2) is 15.3. The number of benzene rings is 3. The van der Waals surface area contributed by atoms with Crippen LogP contribution in [0.1, 0.15) is 36.5 Å². The summed E-state index contributed by atoms with van der Waals surface area (Å²) in [5.41, 5.74) is 2.17. The van der Waals surface area contributed by atoms with Crippen LogP contribution in [-0.2, 0) is 29.0 Å². The van der Waals surface area contributed by atoms with Crippen LogP contribution in [0.15, 0.2) is 79.0 Å². The molecule has 0 saturated heterocycles. The van der Waals surface area contributed by atoms with Crippen LogP contribution in [0.5, 0.6) is 11.5 Å². The maximum atomic E-state index is 14.0. The molecule has 0 saturated carbocycles. The van der Waals surface area contributed by atoms with Crippen LogP contribution in [0.2, 0.25) is 0 Å². The van der Waals surface area contributed by atoms with E-state index >= 15 is 0 Å². The van der Waals surface area contributed by atoms with Crippen LogP contribution in [-0.4, -0.2) is 65.7 Å². The number of rotatable bonds is 15. The van der Waals surface area contributed by atoms with E-state index in [1.165, 1.54) is 14.2 Å². The minimum absolute atomic E-state index is 0.0823. The van der Waals surface area contributed by atoms with Crippen LogP contribution in [0.4, 0.5) is 4.79 Å². The first-order valence-corrected chi connectivity index (χ1v) is 14.6. The number of aromatic nitrogens is 1. The van der Waals surface area contributed by atoms with Gasteiger partial charge in [-0.25, -0.2) is 4.79 Å². The Hall–Kier alpha value is -4.54. The number of aliphatic hydroxyl groups excluding tert-OH is 2. The maximum Gasteiger partial charge on any atom is 0.408 e. The Balaban J connectivity index is 1.57. The number of aromatic amines is 1. The van der Waals surface area contributed by atoms with Gasteiger partial charge in [-0.05, 0) is 49.4 Å². The number of ether oxygens (including phenoxy) is 3. The van der Waals surface area contributed by atoms with Gasteiger partial charge in [0.05, 0.1) is 25.9 Å². The third-order valence-corrected chi connectivity index (χ3v) is 7.74. The molecule has 4 aromatic rings. The number of hydrogen-bond donors (Lipinski definition) is 5. The molecule has 10 nitrogen and oxygen atoms in total. The summed E-state index contributed by atoms with van der Waals surface area (Å²) in [6, 6.07) is 21.5. The van der Waals surface area contributed by atoms with Crippen LogP contribution < -0.4 is 20.1 Å². The van der Waals surface area contributed by atoms with Gasteiger partial charge in [-0.3, -0.25) is 4.79 Å². The zero-order chi connectivity index (χ0) is 31.5. The number of alkyl carbamates (subject to hydrolysis) is 1. The molecule has 0 bridgehead atoms. The summed E-state index contributed by atoms with van der Waals surface area (Å²) in [6.07, 6.45) is 1.23. The fraction of sp³-hybridized carbons (Fsp3) is 0.353. The van der Waals surface area contributed by atoms with Crippen molar-refractivity contribution >= 4 is 22.9 Å². The molecule has 2 amide bonds. The predicted octanol–water partition coefficient (Wildman–Crippen LogP) is 4.27. The topological polar surface area (TPSA) is 142 Å². The van der Waals surface area contributed by atoms with Gasteiger partial charge < -0.3 is 40.0 Å². The van der Waals surface area contributed by atoms with Crippen molar-refractivity contribution in [1.29, 1.82) is 0 Å². The van der Waals surface area contributed by atoms with E-state index in [1.807, 2.05) is 60.8 Å². The Labute approximate surface area is 257 Å². The minimum atomic E-state index is -1.09. The summed E-state index contributed by atoms with van der Waals surface area (Å²) < 4.78 is 16.3. The van der Waals surface area contributed by atoms with Crippen LogP contribution in [0.3, 0.4) is 0 Å². The Morgan fingerprint density at radius 2 is 1.70 bits per heavy atom. The largest absolute Gasteiger partial charge is 0.493 e. The lowest BCUT2D eigenvalue weighted by atomic mass is 9.84. The molecule has 0 spiro atoms. The molecule has 4 rings (SSSR count). The van der Waals surface area contributed by atoms with Crippen molar-refractivity contribution in [3.05, 3.63) is 95.7 Å². The number of para-hydroxylation sites is 2. The van der Waals surface area contributed by atoms with Crippen LogP contribution in [0.25, 0.3) is 10.9 Å². The number of amides is 2. The molecular formula is C34H41N3O7. The highest BCUT2D eigenvalue weighted by Gasteiger charge is 2.37. The van der Waals surface area contributed by atoms with Crippen molar-refractivity contribution in [1.82, 2.24) is 15.6 Å². The summed E-state index contributed by atoms with van der Waals surface area (Å²) in [5.74, 6) is 0.472. The number of carbonyl (C=O) groups excluding carboxylic acids is 2. The third-order valence-electron chi connectivity index (χ3n) is 7.74. The molecule has 0 aliphatic carbocycles. The first kappa shape index (κ1) is 32.4. The molecule has 5 N–H and O–H groups in total. The molecular weight excluding hydrogens is 562 g/mol.